The first-order valence-corrected chi connectivity index (χ1v) is 8.01. The molecule has 2 aromatic rings. The van der Waals surface area contributed by atoms with Gasteiger partial charge in [-0.1, -0.05) is 11.6 Å². The molecule has 0 fully saturated rings. The van der Waals surface area contributed by atoms with Crippen molar-refractivity contribution >= 4 is 23.7 Å². The average molecular weight is 363 g/mol. The number of halogens is 1. The number of nitrogens with zero attached hydrogens (tertiary/aromatic N) is 1. The Kier molecular flexibility index (Phi) is 7.10. The highest BCUT2D eigenvalue weighted by atomic mass is 35.5. The van der Waals surface area contributed by atoms with Gasteiger partial charge in [-0.2, -0.15) is 5.10 Å². The number of carbonyl (C=O) groups is 1. The second-order valence-electron chi connectivity index (χ2n) is 4.88. The van der Waals surface area contributed by atoms with Crippen LogP contribution in [0.3, 0.4) is 0 Å². The predicted molar refractivity (Wildman–Crippen MR) is 96.8 cm³/mol. The SMILES string of the molecule is CCOc1ccc(/C=N/NC(=O)COc2ccc(Cl)cc2)cc1OC. The fraction of sp³-hybridized carbons (Fsp3) is 0.222. The van der Waals surface area contributed by atoms with Crippen LogP contribution in [0, 0.1) is 0 Å². The summed E-state index contributed by atoms with van der Waals surface area (Å²) in [5.41, 5.74) is 3.16. The molecule has 1 amide bonds. The lowest BCUT2D eigenvalue weighted by Gasteiger charge is -2.09. The lowest BCUT2D eigenvalue weighted by molar-refractivity contribution is -0.123. The third kappa shape index (κ3) is 6.00. The summed E-state index contributed by atoms with van der Waals surface area (Å²) in [5.74, 6) is 1.44. The molecular weight excluding hydrogens is 344 g/mol. The molecule has 0 unspecified atom stereocenters. The number of carbonyl (C=O) groups excluding carboxylic acids is 1. The molecule has 1 N–H and O–H groups in total. The predicted octanol–water partition coefficient (Wildman–Crippen LogP) is 3.28. The summed E-state index contributed by atoms with van der Waals surface area (Å²) < 4.78 is 16.0. The summed E-state index contributed by atoms with van der Waals surface area (Å²) in [6, 6.07) is 12.1. The first-order chi connectivity index (χ1) is 12.1. The standard InChI is InChI=1S/C18H19ClN2O4/c1-3-24-16-9-4-13(10-17(16)23-2)11-20-21-18(22)12-25-15-7-5-14(19)6-8-15/h4-11H,3,12H2,1-2H3,(H,21,22)/b20-11+. The molecular formula is C18H19ClN2O4. The number of methoxy groups -OCH3 is 1. The van der Waals surface area contributed by atoms with E-state index in [4.69, 9.17) is 25.8 Å². The highest BCUT2D eigenvalue weighted by molar-refractivity contribution is 6.30. The van der Waals surface area contributed by atoms with Crippen molar-refractivity contribution in [3.63, 3.8) is 0 Å². The van der Waals surface area contributed by atoms with Crippen molar-refractivity contribution in [2.24, 2.45) is 5.10 Å². The van der Waals surface area contributed by atoms with Gasteiger partial charge in [0.25, 0.3) is 5.91 Å². The summed E-state index contributed by atoms with van der Waals surface area (Å²) in [7, 11) is 1.56. The van der Waals surface area contributed by atoms with Crippen molar-refractivity contribution in [2.45, 2.75) is 6.92 Å². The van der Waals surface area contributed by atoms with Crippen LogP contribution in [-0.2, 0) is 4.79 Å². The van der Waals surface area contributed by atoms with Gasteiger partial charge in [-0.25, -0.2) is 5.43 Å². The molecule has 7 heteroatoms. The van der Waals surface area contributed by atoms with Crippen molar-refractivity contribution in [3.05, 3.63) is 53.1 Å². The summed E-state index contributed by atoms with van der Waals surface area (Å²) in [6.07, 6.45) is 1.51. The molecule has 0 aliphatic carbocycles. The Bertz CT molecular complexity index is 732. The second kappa shape index (κ2) is 9.54. The Hall–Kier alpha value is -2.73. The highest BCUT2D eigenvalue weighted by Crippen LogP contribution is 2.27. The number of amides is 1. The molecule has 25 heavy (non-hydrogen) atoms. The molecule has 6 nitrogen and oxygen atoms in total. The average Bonchev–Trinajstić information content (AvgIpc) is 2.62. The van der Waals surface area contributed by atoms with Gasteiger partial charge in [0, 0.05) is 5.02 Å². The molecule has 0 bridgehead atoms. The number of hydrazone groups is 1. The fourth-order valence-electron chi connectivity index (χ4n) is 1.93. The number of nitrogens with one attached hydrogen (secondary N) is 1. The molecule has 0 aliphatic rings. The monoisotopic (exact) mass is 362 g/mol. The maximum Gasteiger partial charge on any atom is 0.277 e. The quantitative estimate of drug-likeness (QED) is 0.578. The zero-order valence-electron chi connectivity index (χ0n) is 14.0. The number of hydrogen-bond acceptors (Lipinski definition) is 5. The molecule has 0 atom stereocenters. The molecule has 132 valence electrons. The first kappa shape index (κ1) is 18.6. The van der Waals surface area contributed by atoms with Crippen LogP contribution in [0.4, 0.5) is 0 Å². The molecule has 0 spiro atoms. The number of hydrogen-bond donors (Lipinski definition) is 1. The van der Waals surface area contributed by atoms with Gasteiger partial charge in [0.1, 0.15) is 5.75 Å². The number of benzene rings is 2. The van der Waals surface area contributed by atoms with Gasteiger partial charge in [-0.15, -0.1) is 0 Å². The Morgan fingerprint density at radius 2 is 1.92 bits per heavy atom. The van der Waals surface area contributed by atoms with Gasteiger partial charge < -0.3 is 14.2 Å². The highest BCUT2D eigenvalue weighted by Gasteiger charge is 2.05. The summed E-state index contributed by atoms with van der Waals surface area (Å²) >= 11 is 5.78. The third-order valence-electron chi connectivity index (χ3n) is 3.07. The first-order valence-electron chi connectivity index (χ1n) is 7.63. The largest absolute Gasteiger partial charge is 0.493 e. The van der Waals surface area contributed by atoms with E-state index in [1.807, 2.05) is 13.0 Å². The van der Waals surface area contributed by atoms with E-state index in [9.17, 15) is 4.79 Å². The molecule has 2 rings (SSSR count). The van der Waals surface area contributed by atoms with E-state index in [-0.39, 0.29) is 12.5 Å². The lowest BCUT2D eigenvalue weighted by Crippen LogP contribution is -2.24. The molecule has 0 aliphatic heterocycles. The van der Waals surface area contributed by atoms with E-state index in [0.29, 0.717) is 28.9 Å². The van der Waals surface area contributed by atoms with E-state index in [2.05, 4.69) is 10.5 Å². The van der Waals surface area contributed by atoms with E-state index in [1.54, 1.807) is 43.5 Å². The Labute approximate surface area is 151 Å². The Morgan fingerprint density at radius 1 is 1.16 bits per heavy atom. The van der Waals surface area contributed by atoms with Crippen molar-refractivity contribution in [2.75, 3.05) is 20.3 Å². The molecule has 0 saturated heterocycles. The fourth-order valence-corrected chi connectivity index (χ4v) is 2.06. The van der Waals surface area contributed by atoms with Crippen molar-refractivity contribution in [1.82, 2.24) is 5.43 Å². The van der Waals surface area contributed by atoms with Crippen LogP contribution in [0.5, 0.6) is 17.2 Å². The zero-order valence-corrected chi connectivity index (χ0v) is 14.7. The summed E-state index contributed by atoms with van der Waals surface area (Å²) in [6.45, 7) is 2.30. The van der Waals surface area contributed by atoms with Crippen LogP contribution < -0.4 is 19.6 Å². The van der Waals surface area contributed by atoms with Crippen LogP contribution in [-0.4, -0.2) is 32.4 Å². The van der Waals surface area contributed by atoms with Crippen LogP contribution in [0.25, 0.3) is 0 Å². The summed E-state index contributed by atoms with van der Waals surface area (Å²) in [5, 5.41) is 4.50. The Balaban J connectivity index is 1.85. The summed E-state index contributed by atoms with van der Waals surface area (Å²) in [4.78, 5) is 11.7. The minimum Gasteiger partial charge on any atom is -0.493 e. The van der Waals surface area contributed by atoms with Crippen LogP contribution >= 0.6 is 11.6 Å². The van der Waals surface area contributed by atoms with Crippen LogP contribution in [0.2, 0.25) is 5.02 Å². The van der Waals surface area contributed by atoms with E-state index >= 15 is 0 Å². The van der Waals surface area contributed by atoms with Crippen molar-refractivity contribution in [3.8, 4) is 17.2 Å². The van der Waals surface area contributed by atoms with E-state index < -0.39 is 0 Å². The van der Waals surface area contributed by atoms with E-state index in [1.165, 1.54) is 6.21 Å². The second-order valence-corrected chi connectivity index (χ2v) is 5.32. The number of rotatable bonds is 8. The van der Waals surface area contributed by atoms with Gasteiger partial charge in [0.15, 0.2) is 18.1 Å². The van der Waals surface area contributed by atoms with Gasteiger partial charge in [0.2, 0.25) is 0 Å². The van der Waals surface area contributed by atoms with Crippen molar-refractivity contribution < 1.29 is 19.0 Å². The van der Waals surface area contributed by atoms with Gasteiger partial charge in [-0.3, -0.25) is 4.79 Å². The van der Waals surface area contributed by atoms with Crippen LogP contribution in [0.15, 0.2) is 47.6 Å². The zero-order chi connectivity index (χ0) is 18.1. The Morgan fingerprint density at radius 3 is 2.60 bits per heavy atom. The third-order valence-corrected chi connectivity index (χ3v) is 3.33. The molecule has 0 aromatic heterocycles. The minimum absolute atomic E-state index is 0.147. The van der Waals surface area contributed by atoms with Gasteiger partial charge in [0.05, 0.1) is 19.9 Å². The molecule has 0 radical (unpaired) electrons. The number of ether oxygens (including phenoxy) is 3. The maximum absolute atomic E-state index is 11.7. The van der Waals surface area contributed by atoms with Gasteiger partial charge in [-0.05, 0) is 55.0 Å². The minimum atomic E-state index is -0.371. The molecule has 0 saturated carbocycles. The maximum atomic E-state index is 11.7. The van der Waals surface area contributed by atoms with Crippen LogP contribution in [0.1, 0.15) is 12.5 Å². The normalized spacial score (nSPS) is 10.5. The van der Waals surface area contributed by atoms with E-state index in [0.717, 1.165) is 5.56 Å². The van der Waals surface area contributed by atoms with Crippen molar-refractivity contribution in [1.29, 1.82) is 0 Å². The molecule has 0 heterocycles. The lowest BCUT2D eigenvalue weighted by atomic mass is 10.2. The molecule has 2 aromatic carbocycles. The smallest absolute Gasteiger partial charge is 0.277 e. The van der Waals surface area contributed by atoms with Gasteiger partial charge >= 0.3 is 0 Å². The topological polar surface area (TPSA) is 69.2 Å².